The van der Waals surface area contributed by atoms with Crippen LogP contribution in [0.4, 0.5) is 0 Å². The minimum atomic E-state index is -1.06. The first-order valence-corrected chi connectivity index (χ1v) is 45.6. The molecule has 6 atom stereocenters. The number of rotatable bonds is 21. The van der Waals surface area contributed by atoms with Gasteiger partial charge in [0.15, 0.2) is 0 Å². The molecule has 0 aliphatic heterocycles. The minimum absolute atomic E-state index is 0. The number of hydrogen-bond donors (Lipinski definition) is 0. The van der Waals surface area contributed by atoms with E-state index in [4.69, 9.17) is 28.4 Å². The standard InChI is InChI=1S/6C14H14O3.2C12H8N2.3C3H7NO.2Eu.H2O/c6*1-9(14(15)16)10-3-4-12-8-13(17-2)6-5-11(12)7-10;2*1-3-9-5-6-10-4-2-8-14-12(10)11(9)13-7-1;3*1-4(2)3-5;;;/h6*3-9H,1-2H3,(H,15,16);2*1-8H;3*3H,1-2H3;;;1H2/q;;;;;;;;;;;2*+3;/p-6/t6*9-;;;;;;;;/m111111......../s1. The molecule has 0 saturated carbocycles. The molecule has 18 aromatic rings. The average Bonchev–Trinajstić information content (AvgIpc) is 0.791. The van der Waals surface area contributed by atoms with E-state index < -0.39 is 71.3 Å². The van der Waals surface area contributed by atoms with Gasteiger partial charge in [-0.1, -0.05) is 236 Å². The van der Waals surface area contributed by atoms with E-state index in [0.717, 1.165) is 195 Å². The van der Waals surface area contributed by atoms with Crippen LogP contribution in [0.1, 0.15) is 110 Å². The van der Waals surface area contributed by atoms with Gasteiger partial charge in [-0.05, 0) is 195 Å². The number of aromatic nitrogens is 4. The molecule has 0 aliphatic carbocycles. The van der Waals surface area contributed by atoms with E-state index >= 15 is 0 Å². The van der Waals surface area contributed by atoms with Crippen molar-refractivity contribution in [2.45, 2.75) is 77.0 Å². The Morgan fingerprint density at radius 1 is 0.223 bits per heavy atom. The van der Waals surface area contributed by atoms with Gasteiger partial charge in [0.2, 0.25) is 19.2 Å². The van der Waals surface area contributed by atoms with Gasteiger partial charge in [0.05, 0.1) is 64.7 Å². The van der Waals surface area contributed by atoms with Crippen LogP contribution in [0, 0.1) is 98.8 Å². The molecule has 0 spiro atoms. The third kappa shape index (κ3) is 37.1. The molecular weight excluding hydrogens is 2160 g/mol. The summed E-state index contributed by atoms with van der Waals surface area (Å²) < 4.78 is 30.8. The van der Waals surface area contributed by atoms with E-state index in [1.54, 1.807) is 151 Å². The van der Waals surface area contributed by atoms with Crippen molar-refractivity contribution in [2.75, 3.05) is 84.9 Å². The first-order valence-electron chi connectivity index (χ1n) is 45.6. The second-order valence-corrected chi connectivity index (χ2v) is 33.7. The van der Waals surface area contributed by atoms with Gasteiger partial charge >= 0.3 is 98.8 Å². The maximum atomic E-state index is 10.8. The second-order valence-electron chi connectivity index (χ2n) is 33.7. The van der Waals surface area contributed by atoms with Gasteiger partial charge in [-0.2, -0.15) is 0 Å². The molecule has 0 bridgehead atoms. The summed E-state index contributed by atoms with van der Waals surface area (Å²) in [6, 6.07) is 91.9. The maximum Gasteiger partial charge on any atom is 3.00 e. The Labute approximate surface area is 940 Å². The van der Waals surface area contributed by atoms with Crippen molar-refractivity contribution in [1.82, 2.24) is 34.6 Å². The maximum absolute atomic E-state index is 10.8. The fourth-order valence-electron chi connectivity index (χ4n) is 14.0. The summed E-state index contributed by atoms with van der Waals surface area (Å²) in [7, 11) is 19.8. The number of ether oxygens (including phenoxy) is 6. The van der Waals surface area contributed by atoms with Crippen LogP contribution < -0.4 is 59.1 Å². The van der Waals surface area contributed by atoms with Crippen LogP contribution in [0.3, 0.4) is 0 Å². The van der Waals surface area contributed by atoms with E-state index in [9.17, 15) is 73.8 Å². The van der Waals surface area contributed by atoms with Crippen molar-refractivity contribution in [3.63, 3.8) is 0 Å². The summed E-state index contributed by atoms with van der Waals surface area (Å²) in [5.74, 6) is -5.18. The van der Waals surface area contributed by atoms with Gasteiger partial charge < -0.3 is 108 Å². The van der Waals surface area contributed by atoms with Gasteiger partial charge in [-0.25, -0.2) is 0 Å². The quantitative estimate of drug-likeness (QED) is 0.0476. The van der Waals surface area contributed by atoms with Crippen molar-refractivity contribution >= 4 is 163 Å². The first-order chi connectivity index (χ1) is 69.4. The predicted molar refractivity (Wildman–Crippen MR) is 560 cm³/mol. The summed E-state index contributed by atoms with van der Waals surface area (Å²) in [6.07, 6.45) is 9.46. The molecule has 3 amide bonds. The van der Waals surface area contributed by atoms with Gasteiger partial charge in [-0.15, -0.1) is 0 Å². The van der Waals surface area contributed by atoms with Gasteiger partial charge in [0.1, 0.15) is 34.5 Å². The largest absolute Gasteiger partial charge is 3.00 e. The zero-order chi connectivity index (χ0) is 106. The topological polar surface area (TPSA) is 440 Å². The van der Waals surface area contributed by atoms with Crippen molar-refractivity contribution in [3.05, 3.63) is 349 Å². The Morgan fingerprint density at radius 3 is 0.466 bits per heavy atom. The number of fused-ring (bicyclic) bond motifs is 12. The predicted octanol–water partition coefficient (Wildman–Crippen LogP) is 14.1. The number of hydrogen-bond acceptors (Lipinski definition) is 25. The number of pyridine rings is 4. The van der Waals surface area contributed by atoms with Crippen molar-refractivity contribution in [3.8, 4) is 34.5 Å². The van der Waals surface area contributed by atoms with E-state index in [-0.39, 0.29) is 104 Å². The van der Waals surface area contributed by atoms with Crippen LogP contribution in [0.25, 0.3) is 108 Å². The van der Waals surface area contributed by atoms with E-state index in [0.29, 0.717) is 0 Å². The van der Waals surface area contributed by atoms with Crippen LogP contribution in [0.5, 0.6) is 34.5 Å². The van der Waals surface area contributed by atoms with Crippen LogP contribution in [-0.2, 0) is 43.2 Å². The molecule has 0 fully saturated rings. The monoisotopic (exact) mass is 2280 g/mol. The van der Waals surface area contributed by atoms with E-state index in [2.05, 4.69) is 68.5 Å². The molecule has 0 saturated heterocycles. The van der Waals surface area contributed by atoms with Crippen LogP contribution in [0.2, 0.25) is 0 Å². The van der Waals surface area contributed by atoms with E-state index in [1.807, 2.05) is 243 Å². The molecule has 2 N–H and O–H groups in total. The van der Waals surface area contributed by atoms with Gasteiger partial charge in [0.25, 0.3) is 0 Å². The van der Waals surface area contributed by atoms with Crippen molar-refractivity contribution < 1.29 is 206 Å². The molecule has 18 rings (SSSR count). The molecule has 766 valence electrons. The number of carbonyl (C=O) groups is 9. The molecule has 0 aliphatic rings. The molecule has 0 unspecified atom stereocenters. The third-order valence-corrected chi connectivity index (χ3v) is 22.9. The molecule has 31 heteroatoms. The Balaban J connectivity index is 0.000000291. The summed E-state index contributed by atoms with van der Waals surface area (Å²) in [4.78, 5) is 115. The second kappa shape index (κ2) is 62.4. The van der Waals surface area contributed by atoms with Crippen molar-refractivity contribution in [2.24, 2.45) is 0 Å². The van der Waals surface area contributed by atoms with Gasteiger partial charge in [0, 0.05) is 160 Å². The average molecular weight is 2280 g/mol. The number of amides is 3. The minimum Gasteiger partial charge on any atom is -0.550 e. The number of methoxy groups -OCH3 is 6. The molecule has 14 aromatic carbocycles. The number of carboxylic acid groups (broad SMARTS) is 6. The Bertz CT molecular complexity index is 6450. The number of aliphatic carboxylic acids is 6. The fraction of sp³-hybridized carbons (Fsp3) is 0.205. The number of carbonyl (C=O) groups excluding carboxylic acids is 9. The summed E-state index contributed by atoms with van der Waals surface area (Å²) >= 11 is 0. The normalized spacial score (nSPS) is 11.3. The summed E-state index contributed by atoms with van der Waals surface area (Å²) in [6.45, 7) is 9.75. The zero-order valence-corrected chi connectivity index (χ0v) is 90.0. The summed E-state index contributed by atoms with van der Waals surface area (Å²) in [5, 5.41) is 81.5. The first kappa shape index (κ1) is 124. The Kier molecular flexibility index (Phi) is 52.3. The molecule has 148 heavy (non-hydrogen) atoms. The SMILES string of the molecule is CN(C)C=O.CN(C)C=O.CN(C)C=O.COc1ccc2cc([C@@H](C)C(=O)[O-])ccc2c1.COc1ccc2cc([C@@H](C)C(=O)[O-])ccc2c1.COc1ccc2cc([C@@H](C)C(=O)[O-])ccc2c1.COc1ccc2cc([C@@H](C)C(=O)[O-])ccc2c1.COc1ccc2cc([C@@H](C)C(=O)[O-])ccc2c1.COc1ccc2cc([C@@H](C)C(=O)[O-])ccc2c1.O.[Eu+3].[Eu+3].c1cnc2c(c1)ccc1cccnc12.c1cnc2c(c1)ccc1cccnc12. The van der Waals surface area contributed by atoms with Crippen LogP contribution in [0.15, 0.2) is 316 Å². The molecular formula is C117H117Eu2N7O22. The molecule has 0 radical (unpaired) electrons. The van der Waals surface area contributed by atoms with Gasteiger partial charge in [-0.3, -0.25) is 34.3 Å². The zero-order valence-electron chi connectivity index (χ0n) is 85.2. The van der Waals surface area contributed by atoms with E-state index in [1.165, 1.54) is 14.7 Å². The molecule has 29 nitrogen and oxygen atoms in total. The summed E-state index contributed by atoms with van der Waals surface area (Å²) in [5.41, 5.74) is 8.42. The number of carboxylic acids is 6. The number of nitrogens with zero attached hydrogens (tertiary/aromatic N) is 7. The van der Waals surface area contributed by atoms with Crippen molar-refractivity contribution in [1.29, 1.82) is 0 Å². The fourth-order valence-corrected chi connectivity index (χ4v) is 14.0. The Hall–Kier alpha value is -14.6. The Morgan fingerprint density at radius 2 is 0.345 bits per heavy atom. The molecule has 4 heterocycles. The number of benzene rings is 14. The third-order valence-electron chi connectivity index (χ3n) is 22.9. The van der Waals surface area contributed by atoms with Crippen LogP contribution >= 0.6 is 0 Å². The molecule has 4 aromatic heterocycles. The van der Waals surface area contributed by atoms with Crippen LogP contribution in [-0.4, -0.2) is 180 Å². The smallest absolute Gasteiger partial charge is 0.550 e.